The monoisotopic (exact) mass is 291 g/mol. The summed E-state index contributed by atoms with van der Waals surface area (Å²) in [6.07, 6.45) is 2.06. The molecule has 0 radical (unpaired) electrons. The first kappa shape index (κ1) is 14.2. The molecule has 0 atom stereocenters. The molecule has 0 spiro atoms. The second-order valence-corrected chi connectivity index (χ2v) is 6.35. The third kappa shape index (κ3) is 3.61. The zero-order valence-corrected chi connectivity index (χ0v) is 12.9. The molecule has 19 heavy (non-hydrogen) atoms. The Morgan fingerprint density at radius 2 is 1.89 bits per heavy atom. The summed E-state index contributed by atoms with van der Waals surface area (Å²) in [5.74, 6) is 0.00647. The molecule has 2 nitrogen and oxygen atoms in total. The Labute approximate surface area is 122 Å². The van der Waals surface area contributed by atoms with Gasteiger partial charge in [-0.1, -0.05) is 12.1 Å². The van der Waals surface area contributed by atoms with Crippen molar-refractivity contribution in [1.82, 2.24) is 5.32 Å². The minimum Gasteiger partial charge on any atom is -0.349 e. The summed E-state index contributed by atoms with van der Waals surface area (Å²) in [6.45, 7) is 3.93. The lowest BCUT2D eigenvalue weighted by Gasteiger charge is -2.05. The zero-order chi connectivity index (χ0) is 13.8. The number of nitrogens with one attached hydrogen (secondary N) is 1. The number of amides is 1. The SMILES string of the molecule is CSc1ccc(-c2csc(C(=O)NC(C)C)c2)cc1. The van der Waals surface area contributed by atoms with Gasteiger partial charge in [0.15, 0.2) is 0 Å². The highest BCUT2D eigenvalue weighted by Crippen LogP contribution is 2.27. The fourth-order valence-electron chi connectivity index (χ4n) is 1.72. The van der Waals surface area contributed by atoms with Gasteiger partial charge in [0.25, 0.3) is 5.91 Å². The number of rotatable bonds is 4. The van der Waals surface area contributed by atoms with E-state index in [4.69, 9.17) is 0 Å². The fraction of sp³-hybridized carbons (Fsp3) is 0.267. The van der Waals surface area contributed by atoms with Crippen LogP contribution in [0.25, 0.3) is 11.1 Å². The Bertz CT molecular complexity index is 558. The van der Waals surface area contributed by atoms with Crippen LogP contribution in [-0.2, 0) is 0 Å². The van der Waals surface area contributed by atoms with Crippen molar-refractivity contribution in [2.45, 2.75) is 24.8 Å². The van der Waals surface area contributed by atoms with Crippen LogP contribution >= 0.6 is 23.1 Å². The summed E-state index contributed by atoms with van der Waals surface area (Å²) in [6, 6.07) is 10.5. The van der Waals surface area contributed by atoms with Crippen LogP contribution < -0.4 is 5.32 Å². The minimum absolute atomic E-state index is 0.00647. The van der Waals surface area contributed by atoms with Gasteiger partial charge in [-0.15, -0.1) is 23.1 Å². The van der Waals surface area contributed by atoms with Crippen LogP contribution in [0.5, 0.6) is 0 Å². The van der Waals surface area contributed by atoms with Gasteiger partial charge in [-0.25, -0.2) is 0 Å². The standard InChI is InChI=1S/C15H17NOS2/c1-10(2)16-15(17)14-8-12(9-19-14)11-4-6-13(18-3)7-5-11/h4-10H,1-3H3,(H,16,17). The lowest BCUT2D eigenvalue weighted by atomic mass is 10.1. The van der Waals surface area contributed by atoms with Crippen LogP contribution in [0.15, 0.2) is 40.6 Å². The van der Waals surface area contributed by atoms with Gasteiger partial charge >= 0.3 is 0 Å². The minimum atomic E-state index is 0.00647. The molecule has 0 aliphatic carbocycles. The van der Waals surface area contributed by atoms with Crippen molar-refractivity contribution in [2.75, 3.05) is 6.26 Å². The van der Waals surface area contributed by atoms with Gasteiger partial charge in [-0.05, 0) is 54.8 Å². The molecule has 1 N–H and O–H groups in total. The predicted molar refractivity (Wildman–Crippen MR) is 84.1 cm³/mol. The summed E-state index contributed by atoms with van der Waals surface area (Å²) in [4.78, 5) is 13.9. The van der Waals surface area contributed by atoms with Crippen molar-refractivity contribution >= 4 is 29.0 Å². The highest BCUT2D eigenvalue weighted by atomic mass is 32.2. The highest BCUT2D eigenvalue weighted by molar-refractivity contribution is 7.98. The Morgan fingerprint density at radius 1 is 1.21 bits per heavy atom. The largest absolute Gasteiger partial charge is 0.349 e. The number of carbonyl (C=O) groups excluding carboxylic acids is 1. The Kier molecular flexibility index (Phi) is 4.66. The highest BCUT2D eigenvalue weighted by Gasteiger charge is 2.10. The molecule has 4 heteroatoms. The number of benzene rings is 1. The molecule has 2 rings (SSSR count). The third-order valence-electron chi connectivity index (χ3n) is 2.67. The van der Waals surface area contributed by atoms with E-state index in [1.807, 2.05) is 25.3 Å². The van der Waals surface area contributed by atoms with E-state index in [2.05, 4.69) is 35.8 Å². The second kappa shape index (κ2) is 6.26. The topological polar surface area (TPSA) is 29.1 Å². The maximum absolute atomic E-state index is 11.9. The third-order valence-corrected chi connectivity index (χ3v) is 4.34. The lowest BCUT2D eigenvalue weighted by molar-refractivity contribution is 0.0947. The van der Waals surface area contributed by atoms with Crippen molar-refractivity contribution in [3.05, 3.63) is 40.6 Å². The van der Waals surface area contributed by atoms with Crippen LogP contribution in [0.4, 0.5) is 0 Å². The van der Waals surface area contributed by atoms with E-state index in [1.165, 1.54) is 16.2 Å². The summed E-state index contributed by atoms with van der Waals surface area (Å²) in [5.41, 5.74) is 2.25. The summed E-state index contributed by atoms with van der Waals surface area (Å²) in [5, 5.41) is 4.94. The second-order valence-electron chi connectivity index (χ2n) is 4.56. The molecule has 1 amide bonds. The molecule has 1 heterocycles. The van der Waals surface area contributed by atoms with Crippen LogP contribution in [0, 0.1) is 0 Å². The van der Waals surface area contributed by atoms with E-state index in [0.717, 1.165) is 16.0 Å². The molecule has 0 saturated carbocycles. The molecule has 0 unspecified atom stereocenters. The van der Waals surface area contributed by atoms with Crippen LogP contribution in [-0.4, -0.2) is 18.2 Å². The van der Waals surface area contributed by atoms with Crippen molar-refractivity contribution < 1.29 is 4.79 Å². The van der Waals surface area contributed by atoms with E-state index in [1.54, 1.807) is 11.8 Å². The number of carbonyl (C=O) groups is 1. The van der Waals surface area contributed by atoms with Gasteiger partial charge in [0, 0.05) is 10.9 Å². The van der Waals surface area contributed by atoms with E-state index in [0.29, 0.717) is 0 Å². The first-order chi connectivity index (χ1) is 9.10. The average Bonchev–Trinajstić information content (AvgIpc) is 2.88. The first-order valence-corrected chi connectivity index (χ1v) is 8.24. The first-order valence-electron chi connectivity index (χ1n) is 6.14. The van der Waals surface area contributed by atoms with Gasteiger partial charge in [-0.2, -0.15) is 0 Å². The molecule has 0 aliphatic rings. The normalized spacial score (nSPS) is 10.7. The summed E-state index contributed by atoms with van der Waals surface area (Å²) >= 11 is 3.22. The molecular formula is C15H17NOS2. The quantitative estimate of drug-likeness (QED) is 0.852. The molecule has 2 aromatic rings. The Hall–Kier alpha value is -1.26. The predicted octanol–water partition coefficient (Wildman–Crippen LogP) is 4.28. The maximum atomic E-state index is 11.9. The summed E-state index contributed by atoms with van der Waals surface area (Å²) in [7, 11) is 0. The number of hydrogen-bond acceptors (Lipinski definition) is 3. The lowest BCUT2D eigenvalue weighted by Crippen LogP contribution is -2.29. The van der Waals surface area contributed by atoms with Gasteiger partial charge < -0.3 is 5.32 Å². The molecule has 0 bridgehead atoms. The summed E-state index contributed by atoms with van der Waals surface area (Å²) < 4.78 is 0. The molecule has 0 aliphatic heterocycles. The molecule has 0 fully saturated rings. The van der Waals surface area contributed by atoms with E-state index < -0.39 is 0 Å². The molecule has 100 valence electrons. The van der Waals surface area contributed by atoms with Gasteiger partial charge in [-0.3, -0.25) is 4.79 Å². The van der Waals surface area contributed by atoms with Gasteiger partial charge in [0.2, 0.25) is 0 Å². The number of thiophene rings is 1. The molecule has 0 saturated heterocycles. The van der Waals surface area contributed by atoms with Crippen LogP contribution in [0.2, 0.25) is 0 Å². The average molecular weight is 291 g/mol. The molecule has 1 aromatic heterocycles. The van der Waals surface area contributed by atoms with E-state index in [9.17, 15) is 4.79 Å². The number of thioether (sulfide) groups is 1. The van der Waals surface area contributed by atoms with E-state index >= 15 is 0 Å². The molecular weight excluding hydrogens is 274 g/mol. The van der Waals surface area contributed by atoms with Crippen LogP contribution in [0.1, 0.15) is 23.5 Å². The zero-order valence-electron chi connectivity index (χ0n) is 11.3. The van der Waals surface area contributed by atoms with Gasteiger partial charge in [0.05, 0.1) is 4.88 Å². The van der Waals surface area contributed by atoms with E-state index in [-0.39, 0.29) is 11.9 Å². The van der Waals surface area contributed by atoms with Crippen molar-refractivity contribution in [2.24, 2.45) is 0 Å². The Morgan fingerprint density at radius 3 is 2.47 bits per heavy atom. The maximum Gasteiger partial charge on any atom is 0.261 e. The van der Waals surface area contributed by atoms with Crippen LogP contribution in [0.3, 0.4) is 0 Å². The number of hydrogen-bond donors (Lipinski definition) is 1. The molecule has 1 aromatic carbocycles. The van der Waals surface area contributed by atoms with Crippen molar-refractivity contribution in [1.29, 1.82) is 0 Å². The van der Waals surface area contributed by atoms with Gasteiger partial charge in [0.1, 0.15) is 0 Å². The van der Waals surface area contributed by atoms with Crippen molar-refractivity contribution in [3.8, 4) is 11.1 Å². The van der Waals surface area contributed by atoms with Crippen molar-refractivity contribution in [3.63, 3.8) is 0 Å². The Balaban J connectivity index is 2.18. The smallest absolute Gasteiger partial charge is 0.261 e. The fourth-order valence-corrected chi connectivity index (χ4v) is 2.95.